The van der Waals surface area contributed by atoms with Crippen LogP contribution in [0.25, 0.3) is 0 Å². The van der Waals surface area contributed by atoms with Gasteiger partial charge >= 0.3 is 0 Å². The smallest absolute Gasteiger partial charge is 0.245 e. The van der Waals surface area contributed by atoms with E-state index in [9.17, 15) is 4.79 Å². The van der Waals surface area contributed by atoms with Crippen LogP contribution < -0.4 is 10.1 Å². The van der Waals surface area contributed by atoms with Gasteiger partial charge in [0.25, 0.3) is 0 Å². The van der Waals surface area contributed by atoms with Crippen LogP contribution in [0.1, 0.15) is 51.8 Å². The summed E-state index contributed by atoms with van der Waals surface area (Å²) < 4.78 is 7.25. The minimum absolute atomic E-state index is 0.0896. The predicted octanol–water partition coefficient (Wildman–Crippen LogP) is 3.14. The molecule has 0 saturated heterocycles. The first-order chi connectivity index (χ1) is 11.5. The largest absolute Gasteiger partial charge is 0.494 e. The zero-order valence-corrected chi connectivity index (χ0v) is 14.8. The molecule has 6 nitrogen and oxygen atoms in total. The van der Waals surface area contributed by atoms with Gasteiger partial charge in [-0.2, -0.15) is 5.10 Å². The average molecular weight is 330 g/mol. The fourth-order valence-electron chi connectivity index (χ4n) is 2.22. The van der Waals surface area contributed by atoms with Crippen LogP contribution in [-0.4, -0.2) is 27.3 Å². The van der Waals surface area contributed by atoms with Crippen molar-refractivity contribution in [2.75, 3.05) is 6.61 Å². The molecular weight excluding hydrogens is 304 g/mol. The third-order valence-corrected chi connectivity index (χ3v) is 3.92. The molecule has 0 saturated carbocycles. The van der Waals surface area contributed by atoms with Crippen molar-refractivity contribution in [1.82, 2.24) is 20.1 Å². The van der Waals surface area contributed by atoms with Gasteiger partial charge in [0.2, 0.25) is 5.91 Å². The Morgan fingerprint density at radius 1 is 1.21 bits per heavy atom. The highest BCUT2D eigenvalue weighted by Crippen LogP contribution is 2.19. The molecule has 0 aliphatic rings. The Balaban J connectivity index is 1.87. The second kappa shape index (κ2) is 8.47. The number of aromatic nitrogens is 3. The highest BCUT2D eigenvalue weighted by molar-refractivity contribution is 5.80. The lowest BCUT2D eigenvalue weighted by atomic mass is 10.1. The van der Waals surface area contributed by atoms with Gasteiger partial charge in [-0.05, 0) is 43.9 Å². The van der Waals surface area contributed by atoms with Crippen LogP contribution in [0.5, 0.6) is 5.75 Å². The van der Waals surface area contributed by atoms with Crippen LogP contribution in [-0.2, 0) is 4.79 Å². The first-order valence-corrected chi connectivity index (χ1v) is 8.34. The Hall–Kier alpha value is -2.37. The number of hydrogen-bond donors (Lipinski definition) is 1. The normalized spacial score (nSPS) is 13.5. The molecule has 0 radical (unpaired) electrons. The van der Waals surface area contributed by atoms with Gasteiger partial charge in [0.15, 0.2) is 0 Å². The summed E-state index contributed by atoms with van der Waals surface area (Å²) in [4.78, 5) is 16.1. The van der Waals surface area contributed by atoms with Crippen LogP contribution in [0.4, 0.5) is 0 Å². The molecule has 1 heterocycles. The molecule has 1 aromatic heterocycles. The minimum Gasteiger partial charge on any atom is -0.494 e. The van der Waals surface area contributed by atoms with E-state index in [1.807, 2.05) is 31.2 Å². The number of carbonyl (C=O) groups is 1. The second-order valence-corrected chi connectivity index (χ2v) is 6.38. The fraction of sp³-hybridized carbons (Fsp3) is 0.500. The van der Waals surface area contributed by atoms with Crippen LogP contribution in [0, 0.1) is 5.92 Å². The Morgan fingerprint density at radius 3 is 2.50 bits per heavy atom. The van der Waals surface area contributed by atoms with Crippen molar-refractivity contribution in [3.63, 3.8) is 0 Å². The van der Waals surface area contributed by atoms with Gasteiger partial charge in [0.05, 0.1) is 12.6 Å². The van der Waals surface area contributed by atoms with Crippen LogP contribution in [0.15, 0.2) is 36.9 Å². The van der Waals surface area contributed by atoms with E-state index in [4.69, 9.17) is 4.74 Å². The molecule has 0 bridgehead atoms. The number of carbonyl (C=O) groups excluding carboxylic acids is 1. The summed E-state index contributed by atoms with van der Waals surface area (Å²) >= 11 is 0. The number of benzene rings is 1. The maximum absolute atomic E-state index is 12.3. The summed E-state index contributed by atoms with van der Waals surface area (Å²) in [5.74, 6) is 1.39. The third kappa shape index (κ3) is 5.08. The van der Waals surface area contributed by atoms with Crippen molar-refractivity contribution in [1.29, 1.82) is 0 Å². The lowest BCUT2D eigenvalue weighted by molar-refractivity contribution is -0.124. The van der Waals surface area contributed by atoms with Crippen molar-refractivity contribution in [3.05, 3.63) is 42.5 Å². The molecule has 0 fully saturated rings. The Labute approximate surface area is 143 Å². The van der Waals surface area contributed by atoms with Crippen molar-refractivity contribution in [2.24, 2.45) is 5.92 Å². The molecule has 1 amide bonds. The molecule has 6 heteroatoms. The van der Waals surface area contributed by atoms with E-state index >= 15 is 0 Å². The summed E-state index contributed by atoms with van der Waals surface area (Å²) in [6, 6.07) is 7.37. The number of nitrogens with zero attached hydrogens (tertiary/aromatic N) is 3. The molecule has 130 valence electrons. The van der Waals surface area contributed by atoms with E-state index in [-0.39, 0.29) is 11.9 Å². The number of hydrogen-bond acceptors (Lipinski definition) is 4. The molecule has 1 N–H and O–H groups in total. The molecule has 0 aliphatic heterocycles. The topological polar surface area (TPSA) is 69.0 Å². The standard InChI is InChI=1S/C18H26N4O2/c1-13(2)9-10-24-17-7-5-16(6-8-17)14(3)21-18(23)15(4)22-12-19-11-20-22/h5-8,11-15H,9-10H2,1-4H3,(H,21,23). The van der Waals surface area contributed by atoms with Crippen LogP contribution >= 0.6 is 0 Å². The summed E-state index contributed by atoms with van der Waals surface area (Å²) in [5.41, 5.74) is 1.03. The van der Waals surface area contributed by atoms with Crippen LogP contribution in [0.3, 0.4) is 0 Å². The van der Waals surface area contributed by atoms with E-state index in [2.05, 4.69) is 29.2 Å². The van der Waals surface area contributed by atoms with E-state index in [0.29, 0.717) is 5.92 Å². The van der Waals surface area contributed by atoms with Gasteiger partial charge in [-0.15, -0.1) is 0 Å². The van der Waals surface area contributed by atoms with Crippen molar-refractivity contribution >= 4 is 5.91 Å². The zero-order chi connectivity index (χ0) is 17.5. The Morgan fingerprint density at radius 2 is 1.92 bits per heavy atom. The summed E-state index contributed by atoms with van der Waals surface area (Å²) in [6.45, 7) is 8.83. The van der Waals surface area contributed by atoms with Crippen molar-refractivity contribution in [2.45, 2.75) is 46.2 Å². The average Bonchev–Trinajstić information content (AvgIpc) is 3.08. The van der Waals surface area contributed by atoms with Gasteiger partial charge in [0.1, 0.15) is 24.4 Å². The summed E-state index contributed by atoms with van der Waals surface area (Å²) in [6.07, 6.45) is 4.00. The van der Waals surface area contributed by atoms with Crippen LogP contribution in [0.2, 0.25) is 0 Å². The highest BCUT2D eigenvalue weighted by atomic mass is 16.5. The first-order valence-electron chi connectivity index (χ1n) is 8.34. The molecule has 1 aromatic carbocycles. The number of nitrogens with one attached hydrogen (secondary N) is 1. The fourth-order valence-corrected chi connectivity index (χ4v) is 2.22. The molecular formula is C18H26N4O2. The molecule has 24 heavy (non-hydrogen) atoms. The highest BCUT2D eigenvalue weighted by Gasteiger charge is 2.18. The third-order valence-electron chi connectivity index (χ3n) is 3.92. The number of rotatable bonds is 8. The van der Waals surface area contributed by atoms with Crippen molar-refractivity contribution in [3.8, 4) is 5.75 Å². The molecule has 2 unspecified atom stereocenters. The SMILES string of the molecule is CC(C)CCOc1ccc(C(C)NC(=O)C(C)n2cncn2)cc1. The van der Waals surface area contributed by atoms with Crippen molar-refractivity contribution < 1.29 is 9.53 Å². The number of amides is 1. The zero-order valence-electron chi connectivity index (χ0n) is 14.8. The maximum Gasteiger partial charge on any atom is 0.245 e. The number of ether oxygens (including phenoxy) is 1. The minimum atomic E-state index is -0.395. The van der Waals surface area contributed by atoms with E-state index in [0.717, 1.165) is 24.3 Å². The molecule has 2 aromatic rings. The van der Waals surface area contributed by atoms with Gasteiger partial charge in [-0.3, -0.25) is 4.79 Å². The van der Waals surface area contributed by atoms with E-state index < -0.39 is 6.04 Å². The van der Waals surface area contributed by atoms with E-state index in [1.54, 1.807) is 6.92 Å². The Bertz CT molecular complexity index is 623. The lowest BCUT2D eigenvalue weighted by Gasteiger charge is -2.18. The monoisotopic (exact) mass is 330 g/mol. The molecule has 2 rings (SSSR count). The van der Waals surface area contributed by atoms with Gasteiger partial charge in [0, 0.05) is 0 Å². The van der Waals surface area contributed by atoms with Gasteiger partial charge < -0.3 is 10.1 Å². The van der Waals surface area contributed by atoms with Gasteiger partial charge in [-0.1, -0.05) is 26.0 Å². The van der Waals surface area contributed by atoms with Gasteiger partial charge in [-0.25, -0.2) is 9.67 Å². The predicted molar refractivity (Wildman–Crippen MR) is 92.7 cm³/mol. The lowest BCUT2D eigenvalue weighted by Crippen LogP contribution is -2.33. The Kier molecular flexibility index (Phi) is 6.35. The summed E-state index contributed by atoms with van der Waals surface area (Å²) in [7, 11) is 0. The molecule has 2 atom stereocenters. The maximum atomic E-state index is 12.3. The first kappa shape index (κ1) is 18.0. The second-order valence-electron chi connectivity index (χ2n) is 6.38. The van der Waals surface area contributed by atoms with E-state index in [1.165, 1.54) is 17.3 Å². The quantitative estimate of drug-likeness (QED) is 0.807. The molecule has 0 aliphatic carbocycles. The summed E-state index contributed by atoms with van der Waals surface area (Å²) in [5, 5.41) is 6.99. The molecule has 0 spiro atoms.